The lowest BCUT2D eigenvalue weighted by atomic mass is 10.0. The van der Waals surface area contributed by atoms with E-state index in [-0.39, 0.29) is 11.7 Å². The number of nitrogens with zero attached hydrogens (tertiary/aromatic N) is 1. The number of aliphatic hydroxyl groups is 1. The third kappa shape index (κ3) is 7.14. The maximum absolute atomic E-state index is 12.0. The van der Waals surface area contributed by atoms with Gasteiger partial charge in [-0.25, -0.2) is 13.2 Å². The van der Waals surface area contributed by atoms with E-state index in [4.69, 9.17) is 11.6 Å². The van der Waals surface area contributed by atoms with E-state index < -0.39 is 22.1 Å². The number of aromatic nitrogens is 1. The van der Waals surface area contributed by atoms with Gasteiger partial charge in [-0.05, 0) is 72.5 Å². The summed E-state index contributed by atoms with van der Waals surface area (Å²) in [6.07, 6.45) is 1.10. The number of hydrogen-bond donors (Lipinski definition) is 4. The molecule has 0 aliphatic heterocycles. The predicted molar refractivity (Wildman–Crippen MR) is 150 cm³/mol. The molecular formula is C28H30ClN3O5S. The third-order valence-electron chi connectivity index (χ3n) is 6.22. The zero-order valence-corrected chi connectivity index (χ0v) is 22.6. The van der Waals surface area contributed by atoms with Crippen LogP contribution in [-0.4, -0.2) is 48.0 Å². The van der Waals surface area contributed by atoms with Crippen LogP contribution in [0.5, 0.6) is 0 Å². The smallest absolute Gasteiger partial charge is 0.352 e. The molecule has 0 aliphatic carbocycles. The number of benzene rings is 3. The summed E-state index contributed by atoms with van der Waals surface area (Å²) in [5.74, 6) is -1.02. The van der Waals surface area contributed by atoms with Gasteiger partial charge in [0, 0.05) is 40.7 Å². The minimum Gasteiger partial charge on any atom is -0.477 e. The van der Waals surface area contributed by atoms with Gasteiger partial charge in [-0.2, -0.15) is 0 Å². The molecule has 0 aliphatic rings. The fraction of sp³-hybridized carbons (Fsp3) is 0.250. The van der Waals surface area contributed by atoms with Crippen LogP contribution >= 0.6 is 11.6 Å². The molecule has 0 spiro atoms. The van der Waals surface area contributed by atoms with Gasteiger partial charge in [-0.1, -0.05) is 41.9 Å². The van der Waals surface area contributed by atoms with Crippen LogP contribution < -0.4 is 10.0 Å². The van der Waals surface area contributed by atoms with Gasteiger partial charge >= 0.3 is 5.97 Å². The number of nitrogens with one attached hydrogen (secondary N) is 2. The Hall–Kier alpha value is -3.37. The first kappa shape index (κ1) is 27.7. The average molecular weight is 556 g/mol. The maximum Gasteiger partial charge on any atom is 0.352 e. The van der Waals surface area contributed by atoms with Gasteiger partial charge in [0.25, 0.3) is 0 Å². The summed E-state index contributed by atoms with van der Waals surface area (Å²) in [7, 11) is -3.38. The Balaban J connectivity index is 1.47. The second-order valence-electron chi connectivity index (χ2n) is 9.47. The van der Waals surface area contributed by atoms with E-state index >= 15 is 0 Å². The van der Waals surface area contributed by atoms with Crippen LogP contribution in [0.4, 0.5) is 5.69 Å². The van der Waals surface area contributed by atoms with Crippen LogP contribution in [0.15, 0.2) is 72.8 Å². The second kappa shape index (κ2) is 11.6. The molecule has 0 bridgehead atoms. The number of carboxylic acid groups (broad SMARTS) is 1. The second-order valence-corrected chi connectivity index (χ2v) is 11.7. The molecule has 0 amide bonds. The summed E-state index contributed by atoms with van der Waals surface area (Å²) in [5.41, 5.74) is 4.04. The van der Waals surface area contributed by atoms with Gasteiger partial charge in [-0.3, -0.25) is 4.72 Å². The van der Waals surface area contributed by atoms with E-state index in [2.05, 4.69) is 10.0 Å². The van der Waals surface area contributed by atoms with Gasteiger partial charge in [0.15, 0.2) is 0 Å². The van der Waals surface area contributed by atoms with Gasteiger partial charge in [-0.15, -0.1) is 0 Å². The summed E-state index contributed by atoms with van der Waals surface area (Å²) in [6, 6.07) is 21.6. The van der Waals surface area contributed by atoms with Crippen molar-refractivity contribution in [2.75, 3.05) is 17.5 Å². The molecule has 8 nitrogen and oxygen atoms in total. The Morgan fingerprint density at radius 3 is 2.39 bits per heavy atom. The standard InChI is InChI=1S/C28H30ClN3O5S/c1-18(30-16-27(33)21-4-3-5-23(29)14-21)12-20-8-11-25-22(13-20)15-26(28(34)35)32(25)17-19-6-9-24(10-7-19)31-38(2,36)37/h3-11,13-15,18,27,30-31,33H,12,16-17H2,1-2H3,(H,34,35)/t18-,27+/m1/s1. The number of aromatic carboxylic acids is 1. The third-order valence-corrected chi connectivity index (χ3v) is 7.06. The molecule has 0 unspecified atom stereocenters. The highest BCUT2D eigenvalue weighted by Crippen LogP contribution is 2.25. The van der Waals surface area contributed by atoms with Crippen molar-refractivity contribution >= 4 is 44.2 Å². The molecule has 1 aromatic heterocycles. The van der Waals surface area contributed by atoms with Crippen LogP contribution in [0.1, 0.15) is 40.2 Å². The zero-order chi connectivity index (χ0) is 27.4. The molecular weight excluding hydrogens is 526 g/mol. The van der Waals surface area contributed by atoms with Crippen LogP contribution in [0.25, 0.3) is 10.9 Å². The first-order chi connectivity index (χ1) is 18.0. The van der Waals surface area contributed by atoms with E-state index in [0.29, 0.717) is 30.2 Å². The Kier molecular flexibility index (Phi) is 8.42. The van der Waals surface area contributed by atoms with Gasteiger partial charge < -0.3 is 20.1 Å². The number of anilines is 1. The minimum absolute atomic E-state index is 0.0707. The number of sulfonamides is 1. The topological polar surface area (TPSA) is 121 Å². The van der Waals surface area contributed by atoms with Crippen molar-refractivity contribution in [3.8, 4) is 0 Å². The predicted octanol–water partition coefficient (Wildman–Crippen LogP) is 4.67. The lowest BCUT2D eigenvalue weighted by molar-refractivity contribution is 0.0686. The van der Waals surface area contributed by atoms with E-state index in [1.807, 2.05) is 37.3 Å². The minimum atomic E-state index is -3.38. The largest absolute Gasteiger partial charge is 0.477 e. The van der Waals surface area contributed by atoms with Crippen molar-refractivity contribution in [2.24, 2.45) is 0 Å². The molecule has 38 heavy (non-hydrogen) atoms. The number of halogens is 1. The first-order valence-electron chi connectivity index (χ1n) is 12.1. The number of carboxylic acids is 1. The van der Waals surface area contributed by atoms with Gasteiger partial charge in [0.1, 0.15) is 5.69 Å². The van der Waals surface area contributed by atoms with Crippen molar-refractivity contribution < 1.29 is 23.4 Å². The quantitative estimate of drug-likeness (QED) is 0.213. The summed E-state index contributed by atoms with van der Waals surface area (Å²) >= 11 is 6.02. The molecule has 4 aromatic rings. The van der Waals surface area contributed by atoms with E-state index in [9.17, 15) is 23.4 Å². The molecule has 0 saturated carbocycles. The van der Waals surface area contributed by atoms with Crippen LogP contribution in [-0.2, 0) is 23.0 Å². The monoisotopic (exact) mass is 555 g/mol. The van der Waals surface area contributed by atoms with Gasteiger partial charge in [0.05, 0.1) is 12.4 Å². The average Bonchev–Trinajstić information content (AvgIpc) is 3.20. The van der Waals surface area contributed by atoms with Crippen LogP contribution in [0.3, 0.4) is 0 Å². The number of carbonyl (C=O) groups is 1. The summed E-state index contributed by atoms with van der Waals surface area (Å²) in [5, 5.41) is 25.0. The van der Waals surface area contributed by atoms with E-state index in [1.54, 1.807) is 47.0 Å². The molecule has 4 N–H and O–H groups in total. The Morgan fingerprint density at radius 2 is 1.74 bits per heavy atom. The summed E-state index contributed by atoms with van der Waals surface area (Å²) < 4.78 is 27.0. The maximum atomic E-state index is 12.0. The molecule has 200 valence electrons. The summed E-state index contributed by atoms with van der Waals surface area (Å²) in [6.45, 7) is 2.73. The lowest BCUT2D eigenvalue weighted by Crippen LogP contribution is -2.32. The molecule has 10 heteroatoms. The van der Waals surface area contributed by atoms with Crippen molar-refractivity contribution in [1.29, 1.82) is 0 Å². The van der Waals surface area contributed by atoms with Crippen molar-refractivity contribution in [1.82, 2.24) is 9.88 Å². The SMILES string of the molecule is C[C@H](Cc1ccc2c(c1)cc(C(=O)O)n2Cc1ccc(NS(C)(=O)=O)cc1)NC[C@H](O)c1cccc(Cl)c1. The fourth-order valence-electron chi connectivity index (χ4n) is 4.44. The zero-order valence-electron chi connectivity index (χ0n) is 21.1. The molecule has 1 heterocycles. The molecule has 3 aromatic carbocycles. The van der Waals surface area contributed by atoms with Gasteiger partial charge in [0.2, 0.25) is 10.0 Å². The van der Waals surface area contributed by atoms with Crippen molar-refractivity contribution in [3.05, 3.63) is 100 Å². The highest BCUT2D eigenvalue weighted by atomic mass is 35.5. The number of hydrogen-bond acceptors (Lipinski definition) is 5. The summed E-state index contributed by atoms with van der Waals surface area (Å²) in [4.78, 5) is 12.0. The molecule has 0 saturated heterocycles. The number of aliphatic hydroxyl groups excluding tert-OH is 1. The highest BCUT2D eigenvalue weighted by molar-refractivity contribution is 7.92. The molecule has 4 rings (SSSR count). The van der Waals surface area contributed by atoms with Crippen LogP contribution in [0, 0.1) is 0 Å². The molecule has 0 radical (unpaired) electrons. The highest BCUT2D eigenvalue weighted by Gasteiger charge is 2.17. The van der Waals surface area contributed by atoms with E-state index in [1.165, 1.54) is 0 Å². The number of rotatable bonds is 11. The molecule has 2 atom stereocenters. The first-order valence-corrected chi connectivity index (χ1v) is 14.3. The van der Waals surface area contributed by atoms with Crippen molar-refractivity contribution in [2.45, 2.75) is 32.0 Å². The van der Waals surface area contributed by atoms with Crippen molar-refractivity contribution in [3.63, 3.8) is 0 Å². The Morgan fingerprint density at radius 1 is 1.03 bits per heavy atom. The van der Waals surface area contributed by atoms with E-state index in [0.717, 1.165) is 33.8 Å². The Bertz CT molecular complexity index is 1550. The Labute approximate surface area is 226 Å². The fourth-order valence-corrected chi connectivity index (χ4v) is 5.20. The molecule has 0 fully saturated rings. The normalized spacial score (nSPS) is 13.4. The van der Waals surface area contributed by atoms with Crippen LogP contribution in [0.2, 0.25) is 5.02 Å². The lowest BCUT2D eigenvalue weighted by Gasteiger charge is -2.18. The number of fused-ring (bicyclic) bond motifs is 1.